The number of aromatic nitrogens is 3. The van der Waals surface area contributed by atoms with Crippen molar-refractivity contribution in [2.75, 3.05) is 22.8 Å². The number of aryl methyl sites for hydroxylation is 1. The highest BCUT2D eigenvalue weighted by atomic mass is 127. The zero-order valence-corrected chi connectivity index (χ0v) is 23.9. The maximum atomic E-state index is 15.5. The highest BCUT2D eigenvalue weighted by Crippen LogP contribution is 2.40. The molecule has 5 heterocycles. The minimum absolute atomic E-state index is 0.127. The Kier molecular flexibility index (Phi) is 5.97. The molecule has 3 aromatic heterocycles. The van der Waals surface area contributed by atoms with Crippen LogP contribution in [0.15, 0.2) is 36.5 Å². The summed E-state index contributed by atoms with van der Waals surface area (Å²) in [4.78, 5) is 15.2. The quantitative estimate of drug-likeness (QED) is 0.152. The minimum atomic E-state index is -0.411. The molecule has 2 aliphatic heterocycles. The Morgan fingerprint density at radius 2 is 2.11 bits per heavy atom. The number of alkyl halides is 2. The number of pyridine rings is 1. The molecule has 35 heavy (non-hydrogen) atoms. The summed E-state index contributed by atoms with van der Waals surface area (Å²) in [6, 6.07) is 10.1. The molecular weight excluding hydrogens is 671 g/mol. The van der Waals surface area contributed by atoms with Gasteiger partial charge in [-0.1, -0.05) is 64.2 Å². The van der Waals surface area contributed by atoms with Crippen molar-refractivity contribution in [2.45, 2.75) is 36.8 Å². The van der Waals surface area contributed by atoms with E-state index in [1.807, 2.05) is 11.8 Å². The van der Waals surface area contributed by atoms with Crippen molar-refractivity contribution >= 4 is 73.2 Å². The Morgan fingerprint density at radius 1 is 1.29 bits per heavy atom. The van der Waals surface area contributed by atoms with Crippen LogP contribution in [0.25, 0.3) is 27.8 Å². The van der Waals surface area contributed by atoms with Crippen LogP contribution in [0.4, 0.5) is 10.1 Å². The van der Waals surface area contributed by atoms with Crippen LogP contribution in [-0.2, 0) is 0 Å². The number of halogens is 3. The van der Waals surface area contributed by atoms with Gasteiger partial charge < -0.3 is 14.8 Å². The number of nitrogens with zero attached hydrogens (tertiary/aromatic N) is 4. The van der Waals surface area contributed by atoms with Gasteiger partial charge in [0.2, 0.25) is 0 Å². The number of hydrogen-bond donors (Lipinski definition) is 1. The van der Waals surface area contributed by atoms with Crippen LogP contribution in [0.1, 0.15) is 41.7 Å². The molecule has 1 unspecified atom stereocenters. The SMILES string of the molecule is CCC1CNc2cccc3cc(-c4nn5cc(C(=O)N6C[C@@H](CI)C[C@H]6I)cc(F)c5c4C)n1c23. The van der Waals surface area contributed by atoms with E-state index in [1.54, 1.807) is 10.7 Å². The van der Waals surface area contributed by atoms with E-state index in [0.29, 0.717) is 23.5 Å². The molecule has 6 nitrogen and oxygen atoms in total. The van der Waals surface area contributed by atoms with E-state index in [9.17, 15) is 4.79 Å². The monoisotopic (exact) mass is 697 g/mol. The first-order valence-electron chi connectivity index (χ1n) is 12.0. The van der Waals surface area contributed by atoms with Gasteiger partial charge in [-0.25, -0.2) is 8.91 Å². The summed E-state index contributed by atoms with van der Waals surface area (Å²) < 4.78 is 20.5. The molecule has 3 atom stereocenters. The zero-order chi connectivity index (χ0) is 24.4. The first-order valence-corrected chi connectivity index (χ1v) is 14.8. The van der Waals surface area contributed by atoms with Gasteiger partial charge in [-0.3, -0.25) is 4.79 Å². The Hall–Kier alpha value is -1.89. The lowest BCUT2D eigenvalue weighted by atomic mass is 10.1. The lowest BCUT2D eigenvalue weighted by molar-refractivity contribution is 0.0780. The van der Waals surface area contributed by atoms with Crippen LogP contribution in [0.3, 0.4) is 0 Å². The van der Waals surface area contributed by atoms with Crippen molar-refractivity contribution in [1.82, 2.24) is 19.1 Å². The minimum Gasteiger partial charge on any atom is -0.381 e. The molecule has 182 valence electrons. The van der Waals surface area contributed by atoms with E-state index in [4.69, 9.17) is 5.10 Å². The molecule has 2 aliphatic rings. The summed E-state index contributed by atoms with van der Waals surface area (Å²) in [5.41, 5.74) is 5.59. The van der Waals surface area contributed by atoms with Crippen molar-refractivity contribution in [3.8, 4) is 11.4 Å². The number of nitrogens with one attached hydrogen (secondary N) is 1. The molecule has 9 heteroatoms. The Morgan fingerprint density at radius 3 is 2.86 bits per heavy atom. The van der Waals surface area contributed by atoms with Crippen molar-refractivity contribution in [3.63, 3.8) is 0 Å². The number of anilines is 1. The molecule has 1 amide bonds. The van der Waals surface area contributed by atoms with Crippen molar-refractivity contribution in [2.24, 2.45) is 5.92 Å². The average Bonchev–Trinajstić information content (AvgIpc) is 3.53. The molecule has 0 radical (unpaired) electrons. The van der Waals surface area contributed by atoms with E-state index in [1.165, 1.54) is 11.6 Å². The number of benzene rings is 1. The van der Waals surface area contributed by atoms with Gasteiger partial charge in [0.1, 0.15) is 17.0 Å². The number of amides is 1. The van der Waals surface area contributed by atoms with E-state index < -0.39 is 5.82 Å². The predicted octanol–water partition coefficient (Wildman–Crippen LogP) is 6.44. The molecule has 1 fully saturated rings. The van der Waals surface area contributed by atoms with E-state index >= 15 is 4.39 Å². The average molecular weight is 697 g/mol. The van der Waals surface area contributed by atoms with Gasteiger partial charge in [0, 0.05) is 34.7 Å². The second kappa shape index (κ2) is 8.89. The Balaban J connectivity index is 1.48. The first kappa shape index (κ1) is 23.5. The first-order chi connectivity index (χ1) is 16.9. The van der Waals surface area contributed by atoms with Gasteiger partial charge in [0.05, 0.1) is 32.6 Å². The number of hydrogen-bond acceptors (Lipinski definition) is 3. The molecule has 6 rings (SSSR count). The van der Waals surface area contributed by atoms with Gasteiger partial charge in [0.25, 0.3) is 5.91 Å². The summed E-state index contributed by atoms with van der Waals surface area (Å²) >= 11 is 4.70. The van der Waals surface area contributed by atoms with Crippen molar-refractivity contribution in [1.29, 1.82) is 0 Å². The number of fused-ring (bicyclic) bond motifs is 1. The molecule has 0 saturated carbocycles. The molecule has 0 aliphatic carbocycles. The molecule has 0 spiro atoms. The molecule has 1 aromatic carbocycles. The fourth-order valence-electron chi connectivity index (χ4n) is 5.62. The summed E-state index contributed by atoms with van der Waals surface area (Å²) in [7, 11) is 0. The zero-order valence-electron chi connectivity index (χ0n) is 19.6. The predicted molar refractivity (Wildman–Crippen MR) is 154 cm³/mol. The van der Waals surface area contributed by atoms with E-state index in [0.717, 1.165) is 51.8 Å². The third-order valence-electron chi connectivity index (χ3n) is 7.43. The normalized spacial score (nSPS) is 21.7. The number of carbonyl (C=O) groups excluding carboxylic acids is 1. The molecule has 1 saturated heterocycles. The topological polar surface area (TPSA) is 54.6 Å². The fourth-order valence-corrected chi connectivity index (χ4v) is 7.46. The summed E-state index contributed by atoms with van der Waals surface area (Å²) in [6.45, 7) is 5.66. The standard InChI is InChI=1S/C26H26FI2N5O/c1-3-18-11-30-20-6-4-5-16-9-21(34(18)25(16)20)23-14(2)24-19(27)8-17(13-33(24)31-23)26(35)32-12-15(10-28)7-22(32)29/h4-6,8-9,13,15,18,22,30H,3,7,10-12H2,1-2H3/t15-,18?,22+/m1/s1. The maximum absolute atomic E-state index is 15.5. The number of para-hydroxylation sites is 1. The van der Waals surface area contributed by atoms with Crippen LogP contribution in [0.2, 0.25) is 0 Å². The third kappa shape index (κ3) is 3.67. The van der Waals surface area contributed by atoms with Crippen LogP contribution >= 0.6 is 45.2 Å². The summed E-state index contributed by atoms with van der Waals surface area (Å²) in [6.07, 6.45) is 3.65. The second-order valence-electron chi connectivity index (χ2n) is 9.58. The Bertz CT molecular complexity index is 1480. The fraction of sp³-hybridized carbons (Fsp3) is 0.385. The highest BCUT2D eigenvalue weighted by Gasteiger charge is 2.34. The second-order valence-corrected chi connectivity index (χ2v) is 11.9. The van der Waals surface area contributed by atoms with Gasteiger partial charge in [-0.15, -0.1) is 0 Å². The molecule has 0 bridgehead atoms. The molecular formula is C26H26FI2N5O. The summed E-state index contributed by atoms with van der Waals surface area (Å²) in [5, 5.41) is 9.54. The van der Waals surface area contributed by atoms with Gasteiger partial charge in [0.15, 0.2) is 0 Å². The van der Waals surface area contributed by atoms with Crippen LogP contribution in [0.5, 0.6) is 0 Å². The largest absolute Gasteiger partial charge is 0.381 e. The number of carbonyl (C=O) groups is 1. The van der Waals surface area contributed by atoms with E-state index in [2.05, 4.69) is 86.3 Å². The van der Waals surface area contributed by atoms with Crippen molar-refractivity contribution < 1.29 is 9.18 Å². The van der Waals surface area contributed by atoms with Crippen LogP contribution in [0, 0.1) is 18.7 Å². The molecule has 4 aromatic rings. The molecule has 1 N–H and O–H groups in total. The Labute approximate surface area is 230 Å². The lowest BCUT2D eigenvalue weighted by Gasteiger charge is -2.28. The van der Waals surface area contributed by atoms with Gasteiger partial charge >= 0.3 is 0 Å². The highest BCUT2D eigenvalue weighted by molar-refractivity contribution is 14.1. The van der Waals surface area contributed by atoms with Gasteiger partial charge in [-0.05, 0) is 43.9 Å². The van der Waals surface area contributed by atoms with E-state index in [-0.39, 0.29) is 16.0 Å². The van der Waals surface area contributed by atoms with Crippen molar-refractivity contribution in [3.05, 3.63) is 53.5 Å². The number of likely N-dealkylation sites (tertiary alicyclic amines) is 1. The lowest BCUT2D eigenvalue weighted by Crippen LogP contribution is -2.33. The summed E-state index contributed by atoms with van der Waals surface area (Å²) in [5.74, 6) is -0.0524. The smallest absolute Gasteiger partial charge is 0.256 e. The number of rotatable bonds is 4. The third-order valence-corrected chi connectivity index (χ3v) is 9.86. The maximum Gasteiger partial charge on any atom is 0.256 e. The van der Waals surface area contributed by atoms with Crippen LogP contribution in [-0.4, -0.2) is 46.6 Å². The van der Waals surface area contributed by atoms with Gasteiger partial charge in [-0.2, -0.15) is 5.10 Å². The van der Waals surface area contributed by atoms with Crippen LogP contribution < -0.4 is 5.32 Å².